The maximum absolute atomic E-state index is 13.5. The van der Waals surface area contributed by atoms with Crippen LogP contribution < -0.4 is 19.6 Å². The van der Waals surface area contributed by atoms with Crippen LogP contribution in [0.5, 0.6) is 5.75 Å². The van der Waals surface area contributed by atoms with E-state index in [1.54, 1.807) is 24.5 Å². The van der Waals surface area contributed by atoms with Gasteiger partial charge in [-0.15, -0.1) is 0 Å². The van der Waals surface area contributed by atoms with E-state index in [0.29, 0.717) is 27.2 Å². The van der Waals surface area contributed by atoms with Crippen LogP contribution in [0.25, 0.3) is 6.08 Å². The van der Waals surface area contributed by atoms with Crippen LogP contribution in [0, 0.1) is 0 Å². The fourth-order valence-corrected chi connectivity index (χ4v) is 4.76. The lowest BCUT2D eigenvalue weighted by Gasteiger charge is -2.24. The van der Waals surface area contributed by atoms with E-state index < -0.39 is 12.0 Å². The average molecular weight is 461 g/mol. The molecule has 3 aromatic rings. The minimum atomic E-state index is -0.599. The second kappa shape index (κ2) is 9.83. The normalized spacial score (nSPS) is 15.6. The smallest absolute Gasteiger partial charge is 0.338 e. The van der Waals surface area contributed by atoms with Crippen molar-refractivity contribution in [2.75, 3.05) is 13.2 Å². The minimum Gasteiger partial charge on any atom is -0.490 e. The highest BCUT2D eigenvalue weighted by Crippen LogP contribution is 2.30. The molecule has 0 saturated heterocycles. The Balaban J connectivity index is 1.83. The van der Waals surface area contributed by atoms with Gasteiger partial charge in [0, 0.05) is 0 Å². The number of rotatable bonds is 7. The number of esters is 1. The zero-order chi connectivity index (χ0) is 23.4. The van der Waals surface area contributed by atoms with Gasteiger partial charge in [-0.05, 0) is 43.2 Å². The standard InChI is InChI=1S/C26H24N2O4S/c1-4-15-32-20-13-11-18(12-14-20)16-21-24(29)28-23(19-9-7-6-8-10-19)22(25(30)31-5-2)17(3)27-26(28)33-21/h4,6-14,16,23H,1,5,15H2,2-3H3/b21-16-. The number of ether oxygens (including phenoxy) is 2. The summed E-state index contributed by atoms with van der Waals surface area (Å²) in [6.45, 7) is 7.85. The van der Waals surface area contributed by atoms with Gasteiger partial charge in [0.25, 0.3) is 5.56 Å². The molecule has 1 atom stereocenters. The fraction of sp³-hybridized carbons (Fsp3) is 0.192. The van der Waals surface area contributed by atoms with Crippen molar-refractivity contribution in [1.29, 1.82) is 0 Å². The number of allylic oxidation sites excluding steroid dienone is 1. The molecule has 1 aromatic heterocycles. The van der Waals surface area contributed by atoms with Gasteiger partial charge in [0.15, 0.2) is 4.80 Å². The Morgan fingerprint density at radius 2 is 1.91 bits per heavy atom. The molecule has 6 nitrogen and oxygen atoms in total. The lowest BCUT2D eigenvalue weighted by molar-refractivity contribution is -0.139. The van der Waals surface area contributed by atoms with Crippen molar-refractivity contribution >= 4 is 23.4 Å². The van der Waals surface area contributed by atoms with Gasteiger partial charge in [0.1, 0.15) is 12.4 Å². The monoisotopic (exact) mass is 460 g/mol. The second-order valence-electron chi connectivity index (χ2n) is 7.38. The van der Waals surface area contributed by atoms with E-state index in [1.807, 2.05) is 60.7 Å². The number of nitrogens with zero attached hydrogens (tertiary/aromatic N) is 2. The molecule has 0 amide bonds. The van der Waals surface area contributed by atoms with Crippen molar-refractivity contribution in [3.8, 4) is 5.75 Å². The average Bonchev–Trinajstić information content (AvgIpc) is 3.12. The van der Waals surface area contributed by atoms with Crippen molar-refractivity contribution in [3.63, 3.8) is 0 Å². The third kappa shape index (κ3) is 4.59. The summed E-state index contributed by atoms with van der Waals surface area (Å²) in [5.41, 5.74) is 2.42. The summed E-state index contributed by atoms with van der Waals surface area (Å²) in [4.78, 5) is 31.5. The van der Waals surface area contributed by atoms with Crippen LogP contribution in [-0.2, 0) is 9.53 Å². The Morgan fingerprint density at radius 1 is 1.18 bits per heavy atom. The van der Waals surface area contributed by atoms with Crippen LogP contribution in [0.2, 0.25) is 0 Å². The van der Waals surface area contributed by atoms with Crippen LogP contribution >= 0.6 is 11.3 Å². The van der Waals surface area contributed by atoms with Crippen LogP contribution in [-0.4, -0.2) is 23.8 Å². The molecule has 1 aliphatic heterocycles. The predicted octanol–water partition coefficient (Wildman–Crippen LogP) is 3.36. The predicted molar refractivity (Wildman–Crippen MR) is 129 cm³/mol. The third-order valence-corrected chi connectivity index (χ3v) is 6.16. The van der Waals surface area contributed by atoms with E-state index in [1.165, 1.54) is 11.3 Å². The highest BCUT2D eigenvalue weighted by atomic mass is 32.1. The fourth-order valence-electron chi connectivity index (χ4n) is 3.71. The van der Waals surface area contributed by atoms with Gasteiger partial charge >= 0.3 is 5.97 Å². The number of carbonyl (C=O) groups excluding carboxylic acids is 1. The molecule has 1 unspecified atom stereocenters. The SMILES string of the molecule is C=CCOc1ccc(/C=c2\sc3n(c2=O)C(c2ccccc2)C(C(=O)OCC)=C(C)N=3)cc1. The van der Waals surface area contributed by atoms with E-state index in [2.05, 4.69) is 11.6 Å². The first-order valence-corrected chi connectivity index (χ1v) is 11.4. The Labute approximate surface area is 195 Å². The van der Waals surface area contributed by atoms with E-state index in [4.69, 9.17) is 9.47 Å². The molecule has 4 rings (SSSR count). The molecule has 0 radical (unpaired) electrons. The van der Waals surface area contributed by atoms with E-state index >= 15 is 0 Å². The molecule has 0 N–H and O–H groups in total. The molecule has 0 aliphatic carbocycles. The Hall–Kier alpha value is -3.71. The molecule has 0 bridgehead atoms. The van der Waals surface area contributed by atoms with Gasteiger partial charge in [0.05, 0.1) is 28.5 Å². The summed E-state index contributed by atoms with van der Waals surface area (Å²) in [5.74, 6) is 0.268. The minimum absolute atomic E-state index is 0.200. The lowest BCUT2D eigenvalue weighted by Crippen LogP contribution is -2.39. The number of carbonyl (C=O) groups is 1. The molecule has 168 valence electrons. The summed E-state index contributed by atoms with van der Waals surface area (Å²) in [5, 5.41) is 0. The number of aromatic nitrogens is 1. The molecule has 33 heavy (non-hydrogen) atoms. The zero-order valence-corrected chi connectivity index (χ0v) is 19.3. The molecular weight excluding hydrogens is 436 g/mol. The van der Waals surface area contributed by atoms with Gasteiger partial charge < -0.3 is 9.47 Å². The van der Waals surface area contributed by atoms with E-state index in [0.717, 1.165) is 16.9 Å². The van der Waals surface area contributed by atoms with Crippen molar-refractivity contribution in [2.45, 2.75) is 19.9 Å². The van der Waals surface area contributed by atoms with Crippen molar-refractivity contribution < 1.29 is 14.3 Å². The van der Waals surface area contributed by atoms with E-state index in [-0.39, 0.29) is 12.2 Å². The number of fused-ring (bicyclic) bond motifs is 1. The van der Waals surface area contributed by atoms with Crippen LogP contribution in [0.1, 0.15) is 31.0 Å². The Morgan fingerprint density at radius 3 is 2.58 bits per heavy atom. The highest BCUT2D eigenvalue weighted by Gasteiger charge is 2.33. The summed E-state index contributed by atoms with van der Waals surface area (Å²) in [7, 11) is 0. The van der Waals surface area contributed by atoms with Gasteiger partial charge in [0.2, 0.25) is 0 Å². The number of thiazole rings is 1. The Bertz CT molecular complexity index is 1380. The van der Waals surface area contributed by atoms with Crippen molar-refractivity contribution in [1.82, 2.24) is 4.57 Å². The maximum atomic E-state index is 13.5. The first-order valence-electron chi connectivity index (χ1n) is 10.6. The quantitative estimate of drug-likeness (QED) is 0.401. The summed E-state index contributed by atoms with van der Waals surface area (Å²) < 4.78 is 12.9. The van der Waals surface area contributed by atoms with Gasteiger partial charge in [-0.25, -0.2) is 9.79 Å². The lowest BCUT2D eigenvalue weighted by atomic mass is 9.96. The number of benzene rings is 2. The Kier molecular flexibility index (Phi) is 6.70. The summed E-state index contributed by atoms with van der Waals surface area (Å²) >= 11 is 1.30. The van der Waals surface area contributed by atoms with E-state index in [9.17, 15) is 9.59 Å². The molecule has 2 heterocycles. The summed E-state index contributed by atoms with van der Waals surface area (Å²) in [6, 6.07) is 16.4. The topological polar surface area (TPSA) is 69.9 Å². The number of hydrogen-bond acceptors (Lipinski definition) is 6. The molecular formula is C26H24N2O4S. The van der Waals surface area contributed by atoms with Crippen molar-refractivity contribution in [3.05, 3.63) is 109 Å². The highest BCUT2D eigenvalue weighted by molar-refractivity contribution is 7.07. The molecule has 0 spiro atoms. The molecule has 0 fully saturated rings. The van der Waals surface area contributed by atoms with Crippen molar-refractivity contribution in [2.24, 2.45) is 4.99 Å². The molecule has 7 heteroatoms. The largest absolute Gasteiger partial charge is 0.490 e. The van der Waals surface area contributed by atoms with Gasteiger partial charge in [-0.1, -0.05) is 66.5 Å². The summed E-state index contributed by atoms with van der Waals surface area (Å²) in [6.07, 6.45) is 3.51. The zero-order valence-electron chi connectivity index (χ0n) is 18.5. The van der Waals surface area contributed by atoms with Crippen LogP contribution in [0.3, 0.4) is 0 Å². The molecule has 1 aliphatic rings. The van der Waals surface area contributed by atoms with Gasteiger partial charge in [-0.3, -0.25) is 9.36 Å². The molecule has 0 saturated carbocycles. The van der Waals surface area contributed by atoms with Crippen LogP contribution in [0.15, 0.2) is 88.3 Å². The van der Waals surface area contributed by atoms with Crippen LogP contribution in [0.4, 0.5) is 0 Å². The first kappa shape index (κ1) is 22.5. The molecule has 2 aromatic carbocycles. The number of hydrogen-bond donors (Lipinski definition) is 0. The second-order valence-corrected chi connectivity index (χ2v) is 8.39. The van der Waals surface area contributed by atoms with Gasteiger partial charge in [-0.2, -0.15) is 0 Å². The third-order valence-electron chi connectivity index (χ3n) is 5.18. The maximum Gasteiger partial charge on any atom is 0.338 e. The first-order chi connectivity index (χ1) is 16.0.